The molecule has 0 radical (unpaired) electrons. The molecule has 11 heavy (non-hydrogen) atoms. The van der Waals surface area contributed by atoms with Gasteiger partial charge in [0, 0.05) is 6.61 Å². The zero-order valence-electron chi connectivity index (χ0n) is 7.38. The van der Waals surface area contributed by atoms with Gasteiger partial charge in [0.2, 0.25) is 0 Å². The molecule has 2 fully saturated rings. The standard InChI is InChI=1S/C10H18O/c1-2-8-3-4-10-9(7-8)5-6-11-10/h8-10H,2-7H2,1H3. The van der Waals surface area contributed by atoms with Gasteiger partial charge in [0.05, 0.1) is 6.10 Å². The lowest BCUT2D eigenvalue weighted by atomic mass is 9.78. The molecule has 1 heterocycles. The van der Waals surface area contributed by atoms with E-state index in [4.69, 9.17) is 4.74 Å². The van der Waals surface area contributed by atoms with Gasteiger partial charge in [-0.25, -0.2) is 0 Å². The molecular weight excluding hydrogens is 136 g/mol. The molecular formula is C10H18O. The smallest absolute Gasteiger partial charge is 0.0604 e. The normalized spacial score (nSPS) is 43.9. The predicted molar refractivity (Wildman–Crippen MR) is 45.5 cm³/mol. The van der Waals surface area contributed by atoms with Crippen LogP contribution in [0.1, 0.15) is 39.0 Å². The number of ether oxygens (including phenoxy) is 1. The molecule has 0 spiro atoms. The fraction of sp³-hybridized carbons (Fsp3) is 1.00. The molecule has 2 aliphatic rings. The van der Waals surface area contributed by atoms with Crippen LogP contribution in [0.25, 0.3) is 0 Å². The average molecular weight is 154 g/mol. The zero-order chi connectivity index (χ0) is 7.68. The Hall–Kier alpha value is -0.0400. The molecule has 1 aliphatic carbocycles. The molecule has 1 saturated carbocycles. The predicted octanol–water partition coefficient (Wildman–Crippen LogP) is 2.60. The minimum atomic E-state index is 0.651. The van der Waals surface area contributed by atoms with Crippen LogP contribution in [0.2, 0.25) is 0 Å². The summed E-state index contributed by atoms with van der Waals surface area (Å²) in [5.74, 6) is 1.94. The third-order valence-electron chi connectivity index (χ3n) is 3.42. The van der Waals surface area contributed by atoms with Crippen LogP contribution < -0.4 is 0 Å². The highest BCUT2D eigenvalue weighted by Crippen LogP contribution is 2.38. The highest BCUT2D eigenvalue weighted by atomic mass is 16.5. The first-order chi connectivity index (χ1) is 5.40. The van der Waals surface area contributed by atoms with E-state index in [9.17, 15) is 0 Å². The second-order valence-electron chi connectivity index (χ2n) is 4.05. The van der Waals surface area contributed by atoms with Gasteiger partial charge in [0.15, 0.2) is 0 Å². The van der Waals surface area contributed by atoms with Gasteiger partial charge in [0.25, 0.3) is 0 Å². The van der Waals surface area contributed by atoms with Crippen LogP contribution in [0.15, 0.2) is 0 Å². The molecule has 0 bridgehead atoms. The molecule has 0 amide bonds. The first-order valence-electron chi connectivity index (χ1n) is 5.01. The van der Waals surface area contributed by atoms with Crippen molar-refractivity contribution in [2.24, 2.45) is 11.8 Å². The third-order valence-corrected chi connectivity index (χ3v) is 3.42. The van der Waals surface area contributed by atoms with Gasteiger partial charge in [-0.15, -0.1) is 0 Å². The van der Waals surface area contributed by atoms with Crippen LogP contribution in [-0.4, -0.2) is 12.7 Å². The lowest BCUT2D eigenvalue weighted by Gasteiger charge is -2.29. The maximum absolute atomic E-state index is 5.65. The fourth-order valence-corrected chi connectivity index (χ4v) is 2.60. The zero-order valence-corrected chi connectivity index (χ0v) is 7.38. The molecule has 0 aromatic heterocycles. The maximum Gasteiger partial charge on any atom is 0.0604 e. The number of rotatable bonds is 1. The van der Waals surface area contributed by atoms with E-state index in [1.807, 2.05) is 0 Å². The van der Waals surface area contributed by atoms with Gasteiger partial charge >= 0.3 is 0 Å². The van der Waals surface area contributed by atoms with E-state index in [2.05, 4.69) is 6.92 Å². The van der Waals surface area contributed by atoms with E-state index in [1.54, 1.807) is 0 Å². The second kappa shape index (κ2) is 3.14. The van der Waals surface area contributed by atoms with Crippen molar-refractivity contribution in [2.75, 3.05) is 6.61 Å². The first kappa shape index (κ1) is 7.60. The van der Waals surface area contributed by atoms with Crippen LogP contribution in [-0.2, 0) is 4.74 Å². The van der Waals surface area contributed by atoms with Crippen LogP contribution >= 0.6 is 0 Å². The quantitative estimate of drug-likeness (QED) is 0.564. The molecule has 3 atom stereocenters. The number of hydrogen-bond acceptors (Lipinski definition) is 1. The van der Waals surface area contributed by atoms with Crippen molar-refractivity contribution in [3.63, 3.8) is 0 Å². The number of fused-ring (bicyclic) bond motifs is 1. The average Bonchev–Trinajstić information content (AvgIpc) is 2.50. The SMILES string of the molecule is CCC1CCC2OCCC2C1. The number of hydrogen-bond donors (Lipinski definition) is 0. The molecule has 1 aliphatic heterocycles. The Morgan fingerprint density at radius 1 is 1.27 bits per heavy atom. The summed E-state index contributed by atoms with van der Waals surface area (Å²) in [7, 11) is 0. The summed E-state index contributed by atoms with van der Waals surface area (Å²) in [6.45, 7) is 3.35. The van der Waals surface area contributed by atoms with Gasteiger partial charge in [0.1, 0.15) is 0 Å². The second-order valence-corrected chi connectivity index (χ2v) is 4.05. The molecule has 64 valence electrons. The van der Waals surface area contributed by atoms with Crippen molar-refractivity contribution in [1.82, 2.24) is 0 Å². The molecule has 1 saturated heterocycles. The van der Waals surface area contributed by atoms with E-state index >= 15 is 0 Å². The Morgan fingerprint density at radius 2 is 2.18 bits per heavy atom. The van der Waals surface area contributed by atoms with Crippen molar-refractivity contribution >= 4 is 0 Å². The van der Waals surface area contributed by atoms with Crippen molar-refractivity contribution in [3.8, 4) is 0 Å². The van der Waals surface area contributed by atoms with Crippen molar-refractivity contribution in [3.05, 3.63) is 0 Å². The van der Waals surface area contributed by atoms with Crippen LogP contribution in [0.3, 0.4) is 0 Å². The van der Waals surface area contributed by atoms with E-state index in [-0.39, 0.29) is 0 Å². The van der Waals surface area contributed by atoms with Crippen LogP contribution in [0.5, 0.6) is 0 Å². The summed E-state index contributed by atoms with van der Waals surface area (Å²) in [5, 5.41) is 0. The van der Waals surface area contributed by atoms with Gasteiger partial charge in [-0.05, 0) is 37.5 Å². The van der Waals surface area contributed by atoms with Crippen molar-refractivity contribution < 1.29 is 4.74 Å². The summed E-state index contributed by atoms with van der Waals surface area (Å²) in [6, 6.07) is 0. The summed E-state index contributed by atoms with van der Waals surface area (Å²) >= 11 is 0. The van der Waals surface area contributed by atoms with Crippen LogP contribution in [0, 0.1) is 11.8 Å². The first-order valence-corrected chi connectivity index (χ1v) is 5.01. The van der Waals surface area contributed by atoms with Crippen molar-refractivity contribution in [1.29, 1.82) is 0 Å². The summed E-state index contributed by atoms with van der Waals surface area (Å²) in [4.78, 5) is 0. The Balaban J connectivity index is 1.91. The maximum atomic E-state index is 5.65. The summed E-state index contributed by atoms with van der Waals surface area (Å²) in [6.07, 6.45) is 7.56. The molecule has 0 N–H and O–H groups in total. The minimum absolute atomic E-state index is 0.651. The van der Waals surface area contributed by atoms with Gasteiger partial charge in [-0.3, -0.25) is 0 Å². The molecule has 0 aromatic rings. The Morgan fingerprint density at radius 3 is 3.00 bits per heavy atom. The summed E-state index contributed by atoms with van der Waals surface area (Å²) < 4.78 is 5.65. The topological polar surface area (TPSA) is 9.23 Å². The van der Waals surface area contributed by atoms with Crippen molar-refractivity contribution in [2.45, 2.75) is 45.1 Å². The monoisotopic (exact) mass is 154 g/mol. The Kier molecular flexibility index (Phi) is 2.17. The molecule has 1 heteroatoms. The minimum Gasteiger partial charge on any atom is -0.378 e. The fourth-order valence-electron chi connectivity index (χ4n) is 2.60. The van der Waals surface area contributed by atoms with E-state index in [1.165, 1.54) is 32.1 Å². The Bertz CT molecular complexity index is 133. The Labute approximate surface area is 69.1 Å². The lowest BCUT2D eigenvalue weighted by molar-refractivity contribution is 0.0511. The van der Waals surface area contributed by atoms with Gasteiger partial charge in [-0.1, -0.05) is 13.3 Å². The van der Waals surface area contributed by atoms with E-state index < -0.39 is 0 Å². The molecule has 0 aromatic carbocycles. The summed E-state index contributed by atoms with van der Waals surface area (Å²) in [5.41, 5.74) is 0. The molecule has 1 nitrogen and oxygen atoms in total. The van der Waals surface area contributed by atoms with Crippen LogP contribution in [0.4, 0.5) is 0 Å². The van der Waals surface area contributed by atoms with Gasteiger partial charge in [-0.2, -0.15) is 0 Å². The molecule has 3 unspecified atom stereocenters. The highest BCUT2D eigenvalue weighted by molar-refractivity contribution is 4.83. The highest BCUT2D eigenvalue weighted by Gasteiger charge is 2.33. The molecule has 2 rings (SSSR count). The van der Waals surface area contributed by atoms with E-state index in [0.717, 1.165) is 18.4 Å². The lowest BCUT2D eigenvalue weighted by Crippen LogP contribution is -2.25. The van der Waals surface area contributed by atoms with Gasteiger partial charge < -0.3 is 4.74 Å². The van der Waals surface area contributed by atoms with E-state index in [0.29, 0.717) is 6.10 Å². The third kappa shape index (κ3) is 1.44. The largest absolute Gasteiger partial charge is 0.378 e.